The van der Waals surface area contributed by atoms with Crippen LogP contribution >= 0.6 is 12.4 Å². The van der Waals surface area contributed by atoms with Crippen LogP contribution in [0.2, 0.25) is 0 Å². The molecule has 0 heterocycles. The number of phenolic OH excluding ortho intramolecular Hbond substituents is 1. The molecule has 16 heavy (non-hydrogen) atoms. The Morgan fingerprint density at radius 2 is 1.94 bits per heavy atom. The van der Waals surface area contributed by atoms with Crippen LogP contribution in [0.25, 0.3) is 0 Å². The number of hydrogen-bond donors (Lipinski definition) is 2. The Bertz CT molecular complexity index is 331. The molecule has 1 aromatic carbocycles. The van der Waals surface area contributed by atoms with Gasteiger partial charge in [-0.2, -0.15) is 0 Å². The molecule has 0 aliphatic heterocycles. The Morgan fingerprint density at radius 1 is 1.31 bits per heavy atom. The van der Waals surface area contributed by atoms with Gasteiger partial charge in [0.1, 0.15) is 11.6 Å². The lowest BCUT2D eigenvalue weighted by atomic mass is 9.98. The molecule has 0 unspecified atom stereocenters. The van der Waals surface area contributed by atoms with Crippen molar-refractivity contribution in [3.05, 3.63) is 29.6 Å². The molecule has 0 aliphatic carbocycles. The van der Waals surface area contributed by atoms with Gasteiger partial charge >= 0.3 is 0 Å². The summed E-state index contributed by atoms with van der Waals surface area (Å²) in [6, 6.07) is 3.59. The Balaban J connectivity index is 0.00000225. The monoisotopic (exact) mass is 247 g/mol. The molecule has 0 saturated carbocycles. The van der Waals surface area contributed by atoms with Crippen LogP contribution in [0.4, 0.5) is 4.39 Å². The molecule has 4 heteroatoms. The molecule has 0 aliphatic rings. The summed E-state index contributed by atoms with van der Waals surface area (Å²) in [6.07, 6.45) is 1.73. The zero-order valence-electron chi connectivity index (χ0n) is 9.61. The first-order valence-corrected chi connectivity index (χ1v) is 5.24. The van der Waals surface area contributed by atoms with Crippen molar-refractivity contribution in [3.63, 3.8) is 0 Å². The number of nitrogens with two attached hydrogens (primary N) is 1. The molecule has 0 aromatic heterocycles. The summed E-state index contributed by atoms with van der Waals surface area (Å²) in [7, 11) is 0. The molecule has 0 amide bonds. The molecule has 0 fully saturated rings. The third-order valence-electron chi connectivity index (χ3n) is 2.44. The summed E-state index contributed by atoms with van der Waals surface area (Å²) in [5, 5.41) is 9.52. The van der Waals surface area contributed by atoms with E-state index in [9.17, 15) is 9.50 Å². The molecule has 1 rings (SSSR count). The first kappa shape index (κ1) is 15.2. The van der Waals surface area contributed by atoms with Crippen LogP contribution in [0.5, 0.6) is 5.75 Å². The highest BCUT2D eigenvalue weighted by Gasteiger charge is 2.12. The number of rotatable bonds is 4. The van der Waals surface area contributed by atoms with Crippen molar-refractivity contribution in [2.24, 2.45) is 11.7 Å². The SMILES string of the molecule is CC(C)CC[C@H](N)c1cc(F)ccc1O.Cl. The maximum Gasteiger partial charge on any atom is 0.123 e. The molecular formula is C12H19ClFNO. The van der Waals surface area contributed by atoms with Crippen molar-refractivity contribution in [2.75, 3.05) is 0 Å². The number of aromatic hydroxyl groups is 1. The van der Waals surface area contributed by atoms with Gasteiger partial charge in [0.25, 0.3) is 0 Å². The largest absolute Gasteiger partial charge is 0.508 e. The summed E-state index contributed by atoms with van der Waals surface area (Å²) in [4.78, 5) is 0. The highest BCUT2D eigenvalue weighted by molar-refractivity contribution is 5.85. The van der Waals surface area contributed by atoms with Gasteiger partial charge in [-0.05, 0) is 37.0 Å². The fraction of sp³-hybridized carbons (Fsp3) is 0.500. The van der Waals surface area contributed by atoms with Gasteiger partial charge in [-0.1, -0.05) is 13.8 Å². The molecule has 2 nitrogen and oxygen atoms in total. The van der Waals surface area contributed by atoms with Crippen molar-refractivity contribution < 1.29 is 9.50 Å². The van der Waals surface area contributed by atoms with Crippen molar-refractivity contribution in [2.45, 2.75) is 32.7 Å². The van der Waals surface area contributed by atoms with Crippen LogP contribution < -0.4 is 5.73 Å². The zero-order valence-corrected chi connectivity index (χ0v) is 10.4. The first-order valence-electron chi connectivity index (χ1n) is 5.24. The molecule has 0 radical (unpaired) electrons. The summed E-state index contributed by atoms with van der Waals surface area (Å²) >= 11 is 0. The van der Waals surface area contributed by atoms with E-state index in [1.54, 1.807) is 0 Å². The molecule has 1 aromatic rings. The Kier molecular flexibility index (Phi) is 6.38. The number of phenols is 1. The Labute approximate surface area is 102 Å². The maximum absolute atomic E-state index is 12.9. The highest BCUT2D eigenvalue weighted by atomic mass is 35.5. The average Bonchev–Trinajstić information content (AvgIpc) is 2.18. The predicted octanol–water partition coefficient (Wildman–Crippen LogP) is 3.39. The average molecular weight is 248 g/mol. The number of benzene rings is 1. The molecule has 0 bridgehead atoms. The van der Waals surface area contributed by atoms with E-state index < -0.39 is 0 Å². The Morgan fingerprint density at radius 3 is 2.50 bits per heavy atom. The van der Waals surface area contributed by atoms with E-state index in [0.717, 1.165) is 12.8 Å². The van der Waals surface area contributed by atoms with E-state index >= 15 is 0 Å². The van der Waals surface area contributed by atoms with Crippen molar-refractivity contribution in [1.29, 1.82) is 0 Å². The van der Waals surface area contributed by atoms with Crippen molar-refractivity contribution in [3.8, 4) is 5.75 Å². The smallest absolute Gasteiger partial charge is 0.123 e. The van der Waals surface area contributed by atoms with E-state index in [-0.39, 0.29) is 30.0 Å². The second-order valence-electron chi connectivity index (χ2n) is 4.28. The zero-order chi connectivity index (χ0) is 11.4. The minimum Gasteiger partial charge on any atom is -0.508 e. The summed E-state index contributed by atoms with van der Waals surface area (Å²) in [5.74, 6) is 0.280. The van der Waals surface area contributed by atoms with Crippen molar-refractivity contribution in [1.82, 2.24) is 0 Å². The minimum absolute atomic E-state index is 0. The topological polar surface area (TPSA) is 46.2 Å². The molecule has 1 atom stereocenters. The number of halogens is 2. The minimum atomic E-state index is -0.359. The summed E-state index contributed by atoms with van der Waals surface area (Å²) in [6.45, 7) is 4.22. The van der Waals surface area contributed by atoms with Crippen LogP contribution in [0.1, 0.15) is 38.3 Å². The van der Waals surface area contributed by atoms with Gasteiger partial charge in [0, 0.05) is 11.6 Å². The predicted molar refractivity (Wildman–Crippen MR) is 66.3 cm³/mol. The maximum atomic E-state index is 12.9. The van der Waals surface area contributed by atoms with E-state index in [0.29, 0.717) is 11.5 Å². The number of hydrogen-bond acceptors (Lipinski definition) is 2. The van der Waals surface area contributed by atoms with Gasteiger partial charge in [0.15, 0.2) is 0 Å². The van der Waals surface area contributed by atoms with Gasteiger partial charge < -0.3 is 10.8 Å². The molecular weight excluding hydrogens is 229 g/mol. The lowest BCUT2D eigenvalue weighted by Gasteiger charge is -2.14. The molecule has 0 spiro atoms. The second-order valence-corrected chi connectivity index (χ2v) is 4.28. The van der Waals surface area contributed by atoms with Crippen LogP contribution in [0.3, 0.4) is 0 Å². The van der Waals surface area contributed by atoms with Gasteiger partial charge in [0.2, 0.25) is 0 Å². The fourth-order valence-electron chi connectivity index (χ4n) is 1.49. The van der Waals surface area contributed by atoms with E-state index in [2.05, 4.69) is 13.8 Å². The van der Waals surface area contributed by atoms with E-state index in [4.69, 9.17) is 5.73 Å². The lowest BCUT2D eigenvalue weighted by molar-refractivity contribution is 0.445. The van der Waals surface area contributed by atoms with Gasteiger partial charge in [0.05, 0.1) is 0 Å². The molecule has 0 saturated heterocycles. The Hall–Kier alpha value is -0.800. The van der Waals surface area contributed by atoms with Gasteiger partial charge in [-0.25, -0.2) is 4.39 Å². The molecule has 92 valence electrons. The van der Waals surface area contributed by atoms with Crippen LogP contribution in [-0.2, 0) is 0 Å². The van der Waals surface area contributed by atoms with Crippen LogP contribution in [-0.4, -0.2) is 5.11 Å². The third kappa shape index (κ3) is 4.37. The lowest BCUT2D eigenvalue weighted by Crippen LogP contribution is -2.11. The highest BCUT2D eigenvalue weighted by Crippen LogP contribution is 2.27. The van der Waals surface area contributed by atoms with Crippen LogP contribution in [0, 0.1) is 11.7 Å². The normalized spacial score (nSPS) is 12.3. The van der Waals surface area contributed by atoms with Crippen molar-refractivity contribution >= 4 is 12.4 Å². The van der Waals surface area contributed by atoms with Gasteiger partial charge in [-0.15, -0.1) is 12.4 Å². The summed E-state index contributed by atoms with van der Waals surface area (Å²) in [5.41, 5.74) is 6.38. The first-order chi connectivity index (χ1) is 7.00. The quantitative estimate of drug-likeness (QED) is 0.857. The van der Waals surface area contributed by atoms with E-state index in [1.165, 1.54) is 18.2 Å². The second kappa shape index (κ2) is 6.71. The van der Waals surface area contributed by atoms with E-state index in [1.807, 2.05) is 0 Å². The summed E-state index contributed by atoms with van der Waals surface area (Å²) < 4.78 is 12.9. The fourth-order valence-corrected chi connectivity index (χ4v) is 1.49. The molecule has 3 N–H and O–H groups in total. The third-order valence-corrected chi connectivity index (χ3v) is 2.44. The standard InChI is InChI=1S/C12H18FNO.ClH/c1-8(2)3-5-11(14)10-7-9(13)4-6-12(10)15;/h4,6-8,11,15H,3,5,14H2,1-2H3;1H/t11-;/m0./s1. The van der Waals surface area contributed by atoms with Crippen LogP contribution in [0.15, 0.2) is 18.2 Å². The van der Waals surface area contributed by atoms with Gasteiger partial charge in [-0.3, -0.25) is 0 Å².